The van der Waals surface area contributed by atoms with Gasteiger partial charge in [-0.05, 0) is 48.6 Å². The minimum absolute atomic E-state index is 0.236. The van der Waals surface area contributed by atoms with Crippen molar-refractivity contribution in [1.29, 1.82) is 0 Å². The summed E-state index contributed by atoms with van der Waals surface area (Å²) in [6.45, 7) is 1.23. The number of anilines is 1. The molecule has 28 heavy (non-hydrogen) atoms. The molecule has 0 atom stereocenters. The number of piperidine rings is 1. The van der Waals surface area contributed by atoms with Crippen molar-refractivity contribution in [2.75, 3.05) is 24.2 Å². The summed E-state index contributed by atoms with van der Waals surface area (Å²) in [7, 11) is -3.69. The van der Waals surface area contributed by atoms with Crippen molar-refractivity contribution in [3.05, 3.63) is 58.4 Å². The molecular formula is C19H20N4O4S. The van der Waals surface area contributed by atoms with E-state index in [2.05, 4.69) is 9.97 Å². The van der Waals surface area contributed by atoms with Gasteiger partial charge >= 0.3 is 5.69 Å². The lowest BCUT2D eigenvalue weighted by Crippen LogP contribution is -2.33. The molecule has 3 aromatic rings. The van der Waals surface area contributed by atoms with Crippen LogP contribution in [0.5, 0.6) is 0 Å². The molecule has 2 aromatic heterocycles. The van der Waals surface area contributed by atoms with E-state index in [9.17, 15) is 18.5 Å². The van der Waals surface area contributed by atoms with E-state index in [1.165, 1.54) is 11.6 Å². The maximum Gasteiger partial charge on any atom is 0.311 e. The second kappa shape index (κ2) is 6.90. The van der Waals surface area contributed by atoms with Crippen LogP contribution in [0.3, 0.4) is 0 Å². The second-order valence-electron chi connectivity index (χ2n) is 7.06. The maximum atomic E-state index is 12.0. The highest BCUT2D eigenvalue weighted by atomic mass is 32.2. The minimum Gasteiger partial charge on any atom is -0.366 e. The van der Waals surface area contributed by atoms with E-state index in [0.29, 0.717) is 24.7 Å². The van der Waals surface area contributed by atoms with Crippen LogP contribution < -0.4 is 4.90 Å². The van der Waals surface area contributed by atoms with Gasteiger partial charge in [0.05, 0.1) is 4.92 Å². The molecule has 8 nitrogen and oxygen atoms in total. The fraction of sp³-hybridized carbons (Fsp3) is 0.316. The average molecular weight is 400 g/mol. The number of nitro benzene ring substituents is 1. The Hall–Kier alpha value is -2.94. The first kappa shape index (κ1) is 18.4. The number of fused-ring (bicyclic) bond motifs is 1. The van der Waals surface area contributed by atoms with Crippen molar-refractivity contribution in [2.45, 2.75) is 23.7 Å². The SMILES string of the molecule is CS(=O)(=O)c1cccc(N2CCC(c3c[nH]c4ncccc34)CC2)c1[N+](=O)[O-]. The molecule has 1 aliphatic heterocycles. The van der Waals surface area contributed by atoms with Crippen LogP contribution in [0.25, 0.3) is 11.0 Å². The summed E-state index contributed by atoms with van der Waals surface area (Å²) in [6, 6.07) is 8.44. The monoisotopic (exact) mass is 400 g/mol. The standard InChI is InChI=1S/C19H20N4O4S/c1-28(26,27)17-6-2-5-16(18(17)23(24)25)22-10-7-13(8-11-22)15-12-21-19-14(15)4-3-9-20-19/h2-6,9,12-13H,7-8,10-11H2,1H3,(H,20,21). The Balaban J connectivity index is 1.62. The minimum atomic E-state index is -3.69. The molecule has 1 aromatic carbocycles. The van der Waals surface area contributed by atoms with E-state index in [4.69, 9.17) is 0 Å². The number of hydrogen-bond acceptors (Lipinski definition) is 6. The van der Waals surface area contributed by atoms with Crippen LogP contribution >= 0.6 is 0 Å². The number of pyridine rings is 1. The lowest BCUT2D eigenvalue weighted by molar-refractivity contribution is -0.387. The van der Waals surface area contributed by atoms with E-state index < -0.39 is 14.8 Å². The first-order valence-corrected chi connectivity index (χ1v) is 10.9. The predicted molar refractivity (Wildman–Crippen MR) is 106 cm³/mol. The first-order chi connectivity index (χ1) is 13.4. The number of nitro groups is 1. The molecule has 4 rings (SSSR count). The van der Waals surface area contributed by atoms with E-state index in [1.807, 2.05) is 23.2 Å². The second-order valence-corrected chi connectivity index (χ2v) is 9.04. The number of aromatic amines is 1. The third-order valence-corrected chi connectivity index (χ3v) is 6.45. The maximum absolute atomic E-state index is 12.0. The molecule has 0 aliphatic carbocycles. The molecule has 1 fully saturated rings. The van der Waals surface area contributed by atoms with Crippen molar-refractivity contribution in [3.63, 3.8) is 0 Å². The van der Waals surface area contributed by atoms with E-state index in [-0.39, 0.29) is 10.6 Å². The lowest BCUT2D eigenvalue weighted by Gasteiger charge is -2.33. The summed E-state index contributed by atoms with van der Waals surface area (Å²) in [5.74, 6) is 0.325. The fourth-order valence-electron chi connectivity index (χ4n) is 3.99. The van der Waals surface area contributed by atoms with Crippen LogP contribution in [-0.2, 0) is 9.84 Å². The van der Waals surface area contributed by atoms with Gasteiger partial charge in [-0.15, -0.1) is 0 Å². The number of H-pyrrole nitrogens is 1. The van der Waals surface area contributed by atoms with E-state index >= 15 is 0 Å². The van der Waals surface area contributed by atoms with Gasteiger partial charge in [-0.25, -0.2) is 13.4 Å². The molecular weight excluding hydrogens is 380 g/mol. The zero-order valence-corrected chi connectivity index (χ0v) is 16.1. The van der Waals surface area contributed by atoms with Crippen molar-refractivity contribution < 1.29 is 13.3 Å². The number of benzene rings is 1. The van der Waals surface area contributed by atoms with Crippen LogP contribution in [0.15, 0.2) is 47.6 Å². The van der Waals surface area contributed by atoms with Gasteiger partial charge in [-0.3, -0.25) is 10.1 Å². The molecule has 1 N–H and O–H groups in total. The fourth-order valence-corrected chi connectivity index (χ4v) is 4.85. The molecule has 0 bridgehead atoms. The third kappa shape index (κ3) is 3.22. The molecule has 3 heterocycles. The van der Waals surface area contributed by atoms with Crippen LogP contribution in [0.4, 0.5) is 11.4 Å². The molecule has 0 spiro atoms. The molecule has 1 aliphatic rings. The molecule has 0 saturated carbocycles. The van der Waals surface area contributed by atoms with Crippen molar-refractivity contribution in [2.24, 2.45) is 0 Å². The van der Waals surface area contributed by atoms with E-state index in [0.717, 1.165) is 30.1 Å². The Morgan fingerprint density at radius 2 is 1.96 bits per heavy atom. The van der Waals surface area contributed by atoms with Crippen molar-refractivity contribution in [3.8, 4) is 0 Å². The normalized spacial score (nSPS) is 15.8. The van der Waals surface area contributed by atoms with Gasteiger partial charge in [0.2, 0.25) is 0 Å². The Morgan fingerprint density at radius 1 is 1.21 bits per heavy atom. The molecule has 0 unspecified atom stereocenters. The smallest absolute Gasteiger partial charge is 0.311 e. The number of sulfone groups is 1. The summed E-state index contributed by atoms with van der Waals surface area (Å²) in [5, 5.41) is 12.7. The van der Waals surface area contributed by atoms with Gasteiger partial charge in [0, 0.05) is 37.1 Å². The van der Waals surface area contributed by atoms with Crippen LogP contribution in [0, 0.1) is 10.1 Å². The van der Waals surface area contributed by atoms with Gasteiger partial charge in [-0.2, -0.15) is 0 Å². The highest BCUT2D eigenvalue weighted by Gasteiger charge is 2.31. The average Bonchev–Trinajstić information content (AvgIpc) is 3.11. The Bertz CT molecular complexity index is 1150. The molecule has 1 saturated heterocycles. The molecule has 0 amide bonds. The largest absolute Gasteiger partial charge is 0.366 e. The lowest BCUT2D eigenvalue weighted by atomic mass is 9.89. The van der Waals surface area contributed by atoms with Crippen molar-refractivity contribution in [1.82, 2.24) is 9.97 Å². The molecule has 9 heteroatoms. The zero-order valence-electron chi connectivity index (χ0n) is 15.3. The highest BCUT2D eigenvalue weighted by molar-refractivity contribution is 7.90. The Morgan fingerprint density at radius 3 is 2.64 bits per heavy atom. The van der Waals surface area contributed by atoms with Gasteiger partial charge in [0.1, 0.15) is 16.2 Å². The predicted octanol–water partition coefficient (Wildman–Crippen LogP) is 3.26. The number of nitrogens with zero attached hydrogens (tertiary/aromatic N) is 3. The number of hydrogen-bond donors (Lipinski definition) is 1. The third-order valence-electron chi connectivity index (χ3n) is 5.32. The highest BCUT2D eigenvalue weighted by Crippen LogP contribution is 2.39. The summed E-state index contributed by atoms with van der Waals surface area (Å²) in [4.78, 5) is 20.2. The number of nitrogens with one attached hydrogen (secondary N) is 1. The zero-order chi connectivity index (χ0) is 19.9. The summed E-state index contributed by atoms with van der Waals surface area (Å²) < 4.78 is 24.0. The molecule has 0 radical (unpaired) electrons. The van der Waals surface area contributed by atoms with E-state index in [1.54, 1.807) is 18.3 Å². The van der Waals surface area contributed by atoms with Crippen LogP contribution in [-0.4, -0.2) is 42.7 Å². The van der Waals surface area contributed by atoms with Gasteiger partial charge < -0.3 is 9.88 Å². The van der Waals surface area contributed by atoms with Crippen LogP contribution in [0.1, 0.15) is 24.3 Å². The summed E-state index contributed by atoms with van der Waals surface area (Å²) in [5.41, 5.74) is 2.10. The Kier molecular flexibility index (Phi) is 4.54. The molecule has 146 valence electrons. The van der Waals surface area contributed by atoms with Crippen molar-refractivity contribution >= 4 is 32.2 Å². The topological polar surface area (TPSA) is 109 Å². The van der Waals surface area contributed by atoms with Gasteiger partial charge in [0.25, 0.3) is 0 Å². The number of rotatable bonds is 4. The van der Waals surface area contributed by atoms with Gasteiger partial charge in [0.15, 0.2) is 9.84 Å². The number of para-hydroxylation sites is 1. The Labute approximate surface area is 162 Å². The van der Waals surface area contributed by atoms with Gasteiger partial charge in [-0.1, -0.05) is 6.07 Å². The number of aromatic nitrogens is 2. The summed E-state index contributed by atoms with van der Waals surface area (Å²) in [6.07, 6.45) is 6.38. The first-order valence-electron chi connectivity index (χ1n) is 9.00. The van der Waals surface area contributed by atoms with Crippen LogP contribution in [0.2, 0.25) is 0 Å². The quantitative estimate of drug-likeness (QED) is 0.532. The summed E-state index contributed by atoms with van der Waals surface area (Å²) >= 11 is 0.